The smallest absolute Gasteiger partial charge is 0.194 e. The molecule has 0 saturated carbocycles. The van der Waals surface area contributed by atoms with E-state index in [-0.39, 0.29) is 12.2 Å². The van der Waals surface area contributed by atoms with Gasteiger partial charge in [-0.25, -0.2) is 13.2 Å². The van der Waals surface area contributed by atoms with E-state index in [9.17, 15) is 13.2 Å². The van der Waals surface area contributed by atoms with Crippen molar-refractivity contribution < 1.29 is 17.9 Å². The molecule has 2 nitrogen and oxygen atoms in total. The highest BCUT2D eigenvalue weighted by atomic mass is 35.5. The summed E-state index contributed by atoms with van der Waals surface area (Å²) in [5.74, 6) is -3.45. The Bertz CT molecular complexity index is 611. The maximum atomic E-state index is 13.1. The van der Waals surface area contributed by atoms with E-state index in [0.717, 1.165) is 12.1 Å². The summed E-state index contributed by atoms with van der Waals surface area (Å²) in [6.07, 6.45) is 0. The van der Waals surface area contributed by atoms with E-state index < -0.39 is 17.5 Å². The summed E-state index contributed by atoms with van der Waals surface area (Å²) in [6.45, 7) is 0.188. The lowest BCUT2D eigenvalue weighted by atomic mass is 10.2. The summed E-state index contributed by atoms with van der Waals surface area (Å²) in [7, 11) is 1.49. The zero-order chi connectivity index (χ0) is 14.7. The van der Waals surface area contributed by atoms with E-state index in [1.165, 1.54) is 7.11 Å². The van der Waals surface area contributed by atoms with Crippen LogP contribution in [0.3, 0.4) is 0 Å². The number of methoxy groups -OCH3 is 1. The van der Waals surface area contributed by atoms with Crippen LogP contribution in [0.1, 0.15) is 5.56 Å². The van der Waals surface area contributed by atoms with Crippen molar-refractivity contribution in [1.82, 2.24) is 0 Å². The predicted octanol–water partition coefficient (Wildman–Crippen LogP) is 4.38. The third kappa shape index (κ3) is 2.99. The molecule has 0 spiro atoms. The monoisotopic (exact) mass is 301 g/mol. The fourth-order valence-corrected chi connectivity index (χ4v) is 1.98. The number of anilines is 1. The first kappa shape index (κ1) is 14.5. The van der Waals surface area contributed by atoms with Crippen LogP contribution >= 0.6 is 11.6 Å². The van der Waals surface area contributed by atoms with Gasteiger partial charge in [0, 0.05) is 35.0 Å². The Kier molecular flexibility index (Phi) is 4.39. The van der Waals surface area contributed by atoms with Gasteiger partial charge in [0.05, 0.1) is 7.11 Å². The summed E-state index contributed by atoms with van der Waals surface area (Å²) >= 11 is 6.03. The molecule has 1 N–H and O–H groups in total. The molecule has 0 atom stereocenters. The molecule has 2 aromatic carbocycles. The van der Waals surface area contributed by atoms with Gasteiger partial charge in [0.15, 0.2) is 17.5 Å². The average molecular weight is 302 g/mol. The van der Waals surface area contributed by atoms with Gasteiger partial charge in [-0.15, -0.1) is 0 Å². The van der Waals surface area contributed by atoms with Gasteiger partial charge in [0.1, 0.15) is 5.75 Å². The minimum absolute atomic E-state index is 0.114. The number of halogens is 4. The Morgan fingerprint density at radius 2 is 1.80 bits per heavy atom. The Morgan fingerprint density at radius 1 is 1.15 bits per heavy atom. The fraction of sp³-hybridized carbons (Fsp3) is 0.143. The van der Waals surface area contributed by atoms with E-state index in [1.54, 1.807) is 18.2 Å². The molecular formula is C14H11ClF3NO. The van der Waals surface area contributed by atoms with Crippen LogP contribution in [0.5, 0.6) is 5.75 Å². The van der Waals surface area contributed by atoms with Crippen molar-refractivity contribution >= 4 is 17.3 Å². The van der Waals surface area contributed by atoms with Crippen molar-refractivity contribution in [3.05, 3.63) is 58.4 Å². The summed E-state index contributed by atoms with van der Waals surface area (Å²) in [4.78, 5) is 0. The summed E-state index contributed by atoms with van der Waals surface area (Å²) in [5, 5.41) is 3.23. The molecule has 0 heterocycles. The Balaban J connectivity index is 2.21. The fourth-order valence-electron chi connectivity index (χ4n) is 1.75. The van der Waals surface area contributed by atoms with E-state index >= 15 is 0 Å². The van der Waals surface area contributed by atoms with Crippen molar-refractivity contribution in [2.24, 2.45) is 0 Å². The Labute approximate surface area is 119 Å². The van der Waals surface area contributed by atoms with Gasteiger partial charge >= 0.3 is 0 Å². The number of ether oxygens (including phenoxy) is 1. The highest BCUT2D eigenvalue weighted by Gasteiger charge is 2.12. The van der Waals surface area contributed by atoms with Gasteiger partial charge in [-0.2, -0.15) is 0 Å². The van der Waals surface area contributed by atoms with Crippen LogP contribution in [0.4, 0.5) is 18.9 Å². The van der Waals surface area contributed by atoms with Crippen LogP contribution in [0, 0.1) is 17.5 Å². The molecule has 0 unspecified atom stereocenters. The number of rotatable bonds is 4. The van der Waals surface area contributed by atoms with E-state index in [2.05, 4.69) is 5.32 Å². The molecule has 0 saturated heterocycles. The van der Waals surface area contributed by atoms with Crippen LogP contribution in [-0.4, -0.2) is 7.11 Å². The number of hydrogen-bond donors (Lipinski definition) is 1. The molecule has 0 aliphatic heterocycles. The van der Waals surface area contributed by atoms with Crippen LogP contribution in [0.25, 0.3) is 0 Å². The first-order valence-electron chi connectivity index (χ1n) is 5.72. The predicted molar refractivity (Wildman–Crippen MR) is 71.6 cm³/mol. The quantitative estimate of drug-likeness (QED) is 0.846. The van der Waals surface area contributed by atoms with Crippen LogP contribution in [0.2, 0.25) is 5.02 Å². The van der Waals surface area contributed by atoms with Crippen LogP contribution in [-0.2, 0) is 6.54 Å². The van der Waals surface area contributed by atoms with Gasteiger partial charge < -0.3 is 10.1 Å². The normalized spacial score (nSPS) is 10.4. The standard InChI is InChI=1S/C14H11ClF3NO/c1-20-13-4-2-3-10(15)9(13)7-19-8-5-11(16)14(18)12(17)6-8/h2-6,19H,7H2,1H3. The minimum Gasteiger partial charge on any atom is -0.496 e. The number of benzene rings is 2. The molecule has 0 amide bonds. The highest BCUT2D eigenvalue weighted by Crippen LogP contribution is 2.27. The molecule has 0 aromatic heterocycles. The number of hydrogen-bond acceptors (Lipinski definition) is 2. The molecule has 0 radical (unpaired) electrons. The first-order chi connectivity index (χ1) is 9.52. The Hall–Kier alpha value is -1.88. The van der Waals surface area contributed by atoms with Gasteiger partial charge in [-0.05, 0) is 12.1 Å². The minimum atomic E-state index is -1.49. The van der Waals surface area contributed by atoms with Crippen LogP contribution < -0.4 is 10.1 Å². The van der Waals surface area contributed by atoms with Gasteiger partial charge in [0.2, 0.25) is 0 Å². The second-order valence-corrected chi connectivity index (χ2v) is 4.44. The van der Waals surface area contributed by atoms with Gasteiger partial charge in [0.25, 0.3) is 0 Å². The highest BCUT2D eigenvalue weighted by molar-refractivity contribution is 6.31. The lowest BCUT2D eigenvalue weighted by molar-refractivity contribution is 0.410. The second-order valence-electron chi connectivity index (χ2n) is 4.03. The van der Waals surface area contributed by atoms with Crippen molar-refractivity contribution in [1.29, 1.82) is 0 Å². The molecule has 0 fully saturated rings. The zero-order valence-electron chi connectivity index (χ0n) is 10.5. The average Bonchev–Trinajstić information content (AvgIpc) is 2.43. The molecule has 2 aromatic rings. The summed E-state index contributed by atoms with van der Waals surface area (Å²) in [6, 6.07) is 6.87. The van der Waals surface area contributed by atoms with Gasteiger partial charge in [-0.1, -0.05) is 17.7 Å². The van der Waals surface area contributed by atoms with E-state index in [1.807, 2.05) is 0 Å². The first-order valence-corrected chi connectivity index (χ1v) is 6.10. The van der Waals surface area contributed by atoms with Crippen molar-refractivity contribution in [3.63, 3.8) is 0 Å². The molecule has 0 bridgehead atoms. The van der Waals surface area contributed by atoms with E-state index in [4.69, 9.17) is 16.3 Å². The Morgan fingerprint density at radius 3 is 2.40 bits per heavy atom. The number of nitrogens with one attached hydrogen (secondary N) is 1. The third-order valence-corrected chi connectivity index (χ3v) is 3.10. The molecule has 0 aliphatic rings. The van der Waals surface area contributed by atoms with Crippen LogP contribution in [0.15, 0.2) is 30.3 Å². The maximum absolute atomic E-state index is 13.1. The molecule has 0 aliphatic carbocycles. The largest absolute Gasteiger partial charge is 0.496 e. The molecule has 2 rings (SSSR count). The van der Waals surface area contributed by atoms with Crippen molar-refractivity contribution in [2.75, 3.05) is 12.4 Å². The van der Waals surface area contributed by atoms with Crippen molar-refractivity contribution in [3.8, 4) is 5.75 Å². The third-order valence-electron chi connectivity index (χ3n) is 2.75. The van der Waals surface area contributed by atoms with Crippen molar-refractivity contribution in [2.45, 2.75) is 6.54 Å². The summed E-state index contributed by atoms with van der Waals surface area (Å²) < 4.78 is 44.2. The lowest BCUT2D eigenvalue weighted by Crippen LogP contribution is -2.04. The molecule has 106 valence electrons. The summed E-state index contributed by atoms with van der Waals surface area (Å²) in [5.41, 5.74) is 0.755. The SMILES string of the molecule is COc1cccc(Cl)c1CNc1cc(F)c(F)c(F)c1. The molecule has 20 heavy (non-hydrogen) atoms. The van der Waals surface area contributed by atoms with Gasteiger partial charge in [-0.3, -0.25) is 0 Å². The molecular weight excluding hydrogens is 291 g/mol. The van der Waals surface area contributed by atoms with E-state index in [0.29, 0.717) is 16.3 Å². The zero-order valence-corrected chi connectivity index (χ0v) is 11.3. The maximum Gasteiger partial charge on any atom is 0.194 e. The lowest BCUT2D eigenvalue weighted by Gasteiger charge is -2.12. The second kappa shape index (κ2) is 6.05. The molecule has 6 heteroatoms. The topological polar surface area (TPSA) is 21.3 Å².